The van der Waals surface area contributed by atoms with E-state index in [9.17, 15) is 15.0 Å². The topological polar surface area (TPSA) is 76.0 Å². The Bertz CT molecular complexity index is 797. The van der Waals surface area contributed by atoms with Crippen LogP contribution in [-0.4, -0.2) is 39.6 Å². The SMILES string of the molecule is CC1=CC(=O)O/C1=C\C(O)[C@@]1(C)CC[C@@H]2[C@@]3(C)CCCC(C)(C)[C@@H]3[C@@H](O)C[C@@]2(C)O1. The van der Waals surface area contributed by atoms with E-state index in [0.29, 0.717) is 18.1 Å². The Morgan fingerprint density at radius 3 is 2.50 bits per heavy atom. The molecular formula is C25H38O5. The predicted molar refractivity (Wildman–Crippen MR) is 114 cm³/mol. The van der Waals surface area contributed by atoms with Crippen molar-refractivity contribution in [3.63, 3.8) is 0 Å². The molecule has 3 fully saturated rings. The predicted octanol–water partition coefficient (Wildman–Crippen LogP) is 4.28. The fraction of sp³-hybridized carbons (Fsp3) is 0.800. The Balaban J connectivity index is 1.61. The summed E-state index contributed by atoms with van der Waals surface area (Å²) in [7, 11) is 0. The minimum Gasteiger partial charge on any atom is -0.423 e. The van der Waals surface area contributed by atoms with E-state index in [2.05, 4.69) is 27.7 Å². The van der Waals surface area contributed by atoms with Gasteiger partial charge < -0.3 is 19.7 Å². The number of rotatable bonds is 2. The summed E-state index contributed by atoms with van der Waals surface area (Å²) in [4.78, 5) is 11.5. The lowest BCUT2D eigenvalue weighted by Crippen LogP contribution is -2.67. The van der Waals surface area contributed by atoms with Crippen molar-refractivity contribution >= 4 is 5.97 Å². The van der Waals surface area contributed by atoms with Crippen molar-refractivity contribution in [2.24, 2.45) is 22.7 Å². The van der Waals surface area contributed by atoms with Crippen LogP contribution in [0.1, 0.15) is 80.1 Å². The van der Waals surface area contributed by atoms with E-state index in [1.165, 1.54) is 12.5 Å². The normalized spacial score (nSPS) is 47.9. The van der Waals surface area contributed by atoms with Gasteiger partial charge >= 0.3 is 5.97 Å². The van der Waals surface area contributed by atoms with Gasteiger partial charge in [-0.05, 0) is 80.8 Å². The lowest BCUT2D eigenvalue weighted by molar-refractivity contribution is -0.299. The van der Waals surface area contributed by atoms with Crippen molar-refractivity contribution in [3.05, 3.63) is 23.5 Å². The molecule has 1 saturated heterocycles. The van der Waals surface area contributed by atoms with Gasteiger partial charge in [0.2, 0.25) is 0 Å². The van der Waals surface area contributed by atoms with Crippen LogP contribution in [0, 0.1) is 22.7 Å². The second kappa shape index (κ2) is 6.91. The van der Waals surface area contributed by atoms with E-state index in [1.807, 2.05) is 6.92 Å². The molecule has 0 bridgehead atoms. The largest absolute Gasteiger partial charge is 0.423 e. The number of cyclic esters (lactones) is 1. The number of fused-ring (bicyclic) bond motifs is 3. The fourth-order valence-corrected chi connectivity index (χ4v) is 7.77. The molecule has 2 aliphatic carbocycles. The van der Waals surface area contributed by atoms with Crippen LogP contribution in [0.5, 0.6) is 0 Å². The third kappa shape index (κ3) is 3.28. The number of carbonyl (C=O) groups excluding carboxylic acids is 1. The van der Waals surface area contributed by atoms with Gasteiger partial charge in [-0.25, -0.2) is 4.79 Å². The highest BCUT2D eigenvalue weighted by Crippen LogP contribution is 2.65. The van der Waals surface area contributed by atoms with Gasteiger partial charge in [-0.15, -0.1) is 0 Å². The first-order valence-electron chi connectivity index (χ1n) is 11.5. The number of aliphatic hydroxyl groups excluding tert-OH is 2. The van der Waals surface area contributed by atoms with Gasteiger partial charge in [0, 0.05) is 12.5 Å². The second-order valence-corrected chi connectivity index (χ2v) is 11.6. The molecule has 2 N–H and O–H groups in total. The number of aliphatic hydroxyl groups is 2. The highest BCUT2D eigenvalue weighted by atomic mass is 16.5. The molecule has 7 atom stereocenters. The molecule has 0 aromatic carbocycles. The monoisotopic (exact) mass is 418 g/mol. The molecule has 0 radical (unpaired) electrons. The van der Waals surface area contributed by atoms with Crippen LogP contribution in [-0.2, 0) is 14.3 Å². The van der Waals surface area contributed by atoms with Crippen LogP contribution in [0.15, 0.2) is 23.5 Å². The number of carbonyl (C=O) groups is 1. The highest BCUT2D eigenvalue weighted by Gasteiger charge is 2.65. The summed E-state index contributed by atoms with van der Waals surface area (Å²) in [6.07, 6.45) is 7.46. The van der Waals surface area contributed by atoms with E-state index >= 15 is 0 Å². The molecule has 0 spiro atoms. The number of ether oxygens (including phenoxy) is 2. The second-order valence-electron chi connectivity index (χ2n) is 11.6. The van der Waals surface area contributed by atoms with Crippen LogP contribution in [0.4, 0.5) is 0 Å². The van der Waals surface area contributed by atoms with Crippen molar-refractivity contribution in [2.75, 3.05) is 0 Å². The van der Waals surface area contributed by atoms with Gasteiger partial charge in [-0.3, -0.25) is 0 Å². The first-order valence-corrected chi connectivity index (χ1v) is 11.5. The van der Waals surface area contributed by atoms with Crippen LogP contribution in [0.2, 0.25) is 0 Å². The van der Waals surface area contributed by atoms with E-state index in [-0.39, 0.29) is 16.7 Å². The molecule has 5 heteroatoms. The van der Waals surface area contributed by atoms with Crippen molar-refractivity contribution in [2.45, 2.75) is 103 Å². The molecular weight excluding hydrogens is 380 g/mol. The standard InChI is InChI=1S/C25H38O5/c1-15-12-20(28)29-17(15)13-19(27)24(5)11-8-18-23(4)10-7-9-22(2,3)21(23)16(26)14-25(18,6)30-24/h12-13,16,18-19,21,26-27H,7-11,14H2,1-6H3/b17-13-/t16-,18+,19?,21-,23+,24+,25+/m0/s1. The molecule has 4 aliphatic rings. The molecule has 0 aromatic rings. The van der Waals surface area contributed by atoms with Crippen LogP contribution >= 0.6 is 0 Å². The lowest BCUT2D eigenvalue weighted by Gasteiger charge is -2.66. The van der Waals surface area contributed by atoms with Gasteiger partial charge in [0.15, 0.2) is 0 Å². The van der Waals surface area contributed by atoms with Crippen molar-refractivity contribution in [3.8, 4) is 0 Å². The third-order valence-corrected chi connectivity index (χ3v) is 8.89. The molecule has 0 aromatic heterocycles. The first-order chi connectivity index (χ1) is 13.8. The van der Waals surface area contributed by atoms with Crippen molar-refractivity contribution in [1.29, 1.82) is 0 Å². The van der Waals surface area contributed by atoms with Gasteiger partial charge in [0.1, 0.15) is 11.9 Å². The maximum Gasteiger partial charge on any atom is 0.336 e. The Labute approximate surface area is 180 Å². The summed E-state index contributed by atoms with van der Waals surface area (Å²) in [5.41, 5.74) is -0.425. The average Bonchev–Trinajstić information content (AvgIpc) is 2.89. The zero-order valence-corrected chi connectivity index (χ0v) is 19.3. The summed E-state index contributed by atoms with van der Waals surface area (Å²) in [5.74, 6) is 0.621. The minimum absolute atomic E-state index is 0.0270. The Hall–Kier alpha value is -1.17. The van der Waals surface area contributed by atoms with E-state index in [0.717, 1.165) is 31.3 Å². The summed E-state index contributed by atoms with van der Waals surface area (Å²) in [6, 6.07) is 0. The number of esters is 1. The lowest BCUT2D eigenvalue weighted by atomic mass is 9.43. The Morgan fingerprint density at radius 1 is 1.17 bits per heavy atom. The number of hydrogen-bond donors (Lipinski definition) is 2. The minimum atomic E-state index is -0.898. The molecule has 5 nitrogen and oxygen atoms in total. The maximum atomic E-state index is 11.5. The van der Waals surface area contributed by atoms with Crippen molar-refractivity contribution in [1.82, 2.24) is 0 Å². The van der Waals surface area contributed by atoms with Crippen molar-refractivity contribution < 1.29 is 24.5 Å². The zero-order chi connectivity index (χ0) is 22.1. The smallest absolute Gasteiger partial charge is 0.336 e. The molecule has 2 aliphatic heterocycles. The Kier molecular flexibility index (Phi) is 5.08. The molecule has 1 unspecified atom stereocenters. The average molecular weight is 419 g/mol. The molecule has 2 saturated carbocycles. The van der Waals surface area contributed by atoms with E-state index < -0.39 is 29.4 Å². The molecule has 30 heavy (non-hydrogen) atoms. The highest BCUT2D eigenvalue weighted by molar-refractivity contribution is 5.88. The van der Waals surface area contributed by atoms with Gasteiger partial charge in [-0.2, -0.15) is 0 Å². The van der Waals surface area contributed by atoms with Crippen LogP contribution in [0.25, 0.3) is 0 Å². The molecule has 4 rings (SSSR count). The molecule has 2 heterocycles. The van der Waals surface area contributed by atoms with Gasteiger partial charge in [-0.1, -0.05) is 27.2 Å². The number of allylic oxidation sites excluding steroid dienone is 1. The van der Waals surface area contributed by atoms with Crippen LogP contribution < -0.4 is 0 Å². The quantitative estimate of drug-likeness (QED) is 0.655. The molecule has 0 amide bonds. The van der Waals surface area contributed by atoms with Gasteiger partial charge in [0.25, 0.3) is 0 Å². The van der Waals surface area contributed by atoms with E-state index in [1.54, 1.807) is 13.0 Å². The summed E-state index contributed by atoms with van der Waals surface area (Å²) in [6.45, 7) is 12.8. The third-order valence-electron chi connectivity index (χ3n) is 8.89. The van der Waals surface area contributed by atoms with E-state index in [4.69, 9.17) is 9.47 Å². The summed E-state index contributed by atoms with van der Waals surface area (Å²) < 4.78 is 12.0. The summed E-state index contributed by atoms with van der Waals surface area (Å²) >= 11 is 0. The zero-order valence-electron chi connectivity index (χ0n) is 19.3. The Morgan fingerprint density at radius 2 is 1.87 bits per heavy atom. The fourth-order valence-electron chi connectivity index (χ4n) is 7.77. The number of hydrogen-bond acceptors (Lipinski definition) is 5. The first kappa shape index (κ1) is 22.0. The summed E-state index contributed by atoms with van der Waals surface area (Å²) in [5, 5.41) is 22.4. The maximum absolute atomic E-state index is 11.5. The molecule has 168 valence electrons. The van der Waals surface area contributed by atoms with Crippen LogP contribution in [0.3, 0.4) is 0 Å². The van der Waals surface area contributed by atoms with Gasteiger partial charge in [0.05, 0.1) is 17.3 Å².